The molecule has 1 aromatic carbocycles. The fraction of sp³-hybridized carbons (Fsp3) is 0.158. The lowest BCUT2D eigenvalue weighted by molar-refractivity contribution is 0.0284. The van der Waals surface area contributed by atoms with E-state index in [1.807, 2.05) is 30.3 Å². The van der Waals surface area contributed by atoms with Crippen LogP contribution in [0.25, 0.3) is 22.3 Å². The van der Waals surface area contributed by atoms with Gasteiger partial charge in [0.1, 0.15) is 4.88 Å². The van der Waals surface area contributed by atoms with Crippen LogP contribution < -0.4 is 0 Å². The molecule has 0 amide bonds. The van der Waals surface area contributed by atoms with Gasteiger partial charge in [-0.1, -0.05) is 18.2 Å². The Morgan fingerprint density at radius 2 is 1.86 bits per heavy atom. The zero-order chi connectivity index (χ0) is 19.5. The predicted octanol–water partition coefficient (Wildman–Crippen LogP) is 3.88. The van der Waals surface area contributed by atoms with Crippen LogP contribution in [0.1, 0.15) is 34.3 Å². The number of esters is 1. The number of aromatic nitrogens is 5. The van der Waals surface area contributed by atoms with Crippen LogP contribution in [0.5, 0.6) is 0 Å². The highest BCUT2D eigenvalue weighted by Gasteiger charge is 2.24. The van der Waals surface area contributed by atoms with E-state index < -0.39 is 12.1 Å². The van der Waals surface area contributed by atoms with Gasteiger partial charge in [-0.2, -0.15) is 0 Å². The van der Waals surface area contributed by atoms with Crippen molar-refractivity contribution in [2.75, 3.05) is 0 Å². The van der Waals surface area contributed by atoms with Crippen LogP contribution in [0.15, 0.2) is 53.2 Å². The van der Waals surface area contributed by atoms with Crippen molar-refractivity contribution in [3.63, 3.8) is 0 Å². The lowest BCUT2D eigenvalue weighted by atomic mass is 10.2. The Balaban J connectivity index is 1.50. The summed E-state index contributed by atoms with van der Waals surface area (Å²) in [5, 5.41) is 8.56. The van der Waals surface area contributed by atoms with Crippen LogP contribution in [-0.2, 0) is 4.74 Å². The zero-order valence-electron chi connectivity index (χ0n) is 15.1. The highest BCUT2D eigenvalue weighted by molar-refractivity contribution is 7.16. The van der Waals surface area contributed by atoms with Crippen LogP contribution >= 0.6 is 11.3 Å². The third kappa shape index (κ3) is 3.65. The van der Waals surface area contributed by atoms with Gasteiger partial charge in [0.2, 0.25) is 5.89 Å². The number of benzene rings is 1. The maximum Gasteiger partial charge on any atom is 0.351 e. The second kappa shape index (κ2) is 7.65. The van der Waals surface area contributed by atoms with Crippen LogP contribution in [-0.4, -0.2) is 31.1 Å². The first-order valence-electron chi connectivity index (χ1n) is 8.46. The molecule has 0 saturated carbocycles. The molecule has 28 heavy (non-hydrogen) atoms. The first-order chi connectivity index (χ1) is 13.6. The average Bonchev–Trinajstić information content (AvgIpc) is 3.36. The maximum absolute atomic E-state index is 12.6. The molecule has 4 aromatic rings. The molecular formula is C19H15N5O3S. The van der Waals surface area contributed by atoms with Crippen LogP contribution in [0, 0.1) is 6.92 Å². The Morgan fingerprint density at radius 3 is 2.61 bits per heavy atom. The quantitative estimate of drug-likeness (QED) is 0.471. The van der Waals surface area contributed by atoms with E-state index in [1.54, 1.807) is 32.3 Å². The average molecular weight is 393 g/mol. The monoisotopic (exact) mass is 393 g/mol. The summed E-state index contributed by atoms with van der Waals surface area (Å²) in [5.74, 6) is 0.549. The Morgan fingerprint density at radius 1 is 1.11 bits per heavy atom. The summed E-state index contributed by atoms with van der Waals surface area (Å²) in [4.78, 5) is 25.6. The van der Waals surface area contributed by atoms with Gasteiger partial charge in [0, 0.05) is 18.0 Å². The number of ether oxygens (including phenoxy) is 1. The molecule has 0 radical (unpaired) electrons. The second-order valence-corrected chi connectivity index (χ2v) is 6.86. The van der Waals surface area contributed by atoms with Gasteiger partial charge >= 0.3 is 5.97 Å². The molecule has 0 aliphatic rings. The topological polar surface area (TPSA) is 104 Å². The molecule has 0 aliphatic carbocycles. The first-order valence-corrected chi connectivity index (χ1v) is 9.28. The van der Waals surface area contributed by atoms with Gasteiger partial charge in [-0.25, -0.2) is 19.7 Å². The maximum atomic E-state index is 12.6. The Labute approximate surface area is 164 Å². The van der Waals surface area contributed by atoms with Crippen molar-refractivity contribution < 1.29 is 13.9 Å². The minimum absolute atomic E-state index is 0.223. The van der Waals surface area contributed by atoms with Gasteiger partial charge in [-0.3, -0.25) is 0 Å². The van der Waals surface area contributed by atoms with Crippen molar-refractivity contribution in [1.82, 2.24) is 25.1 Å². The SMILES string of the molecule is Cc1nc(-c2ncccn2)sc1C(=O)OC(C)c1nnc(-c2ccccc2)o1. The smallest absolute Gasteiger partial charge is 0.351 e. The first kappa shape index (κ1) is 17.9. The fourth-order valence-electron chi connectivity index (χ4n) is 2.45. The van der Waals surface area contributed by atoms with Crippen molar-refractivity contribution in [1.29, 1.82) is 0 Å². The van der Waals surface area contributed by atoms with Crippen molar-refractivity contribution in [3.05, 3.63) is 65.3 Å². The third-order valence-corrected chi connectivity index (χ3v) is 4.97. The van der Waals surface area contributed by atoms with E-state index in [0.29, 0.717) is 27.3 Å². The van der Waals surface area contributed by atoms with E-state index in [9.17, 15) is 4.79 Å². The summed E-state index contributed by atoms with van der Waals surface area (Å²) < 4.78 is 11.1. The fourth-order valence-corrected chi connectivity index (χ4v) is 3.35. The van der Waals surface area contributed by atoms with E-state index in [-0.39, 0.29) is 5.89 Å². The van der Waals surface area contributed by atoms with Crippen molar-refractivity contribution >= 4 is 17.3 Å². The van der Waals surface area contributed by atoms with Crippen LogP contribution in [0.3, 0.4) is 0 Å². The van der Waals surface area contributed by atoms with E-state index >= 15 is 0 Å². The van der Waals surface area contributed by atoms with Gasteiger partial charge in [-0.15, -0.1) is 21.5 Å². The number of aryl methyl sites for hydroxylation is 1. The molecule has 8 nitrogen and oxygen atoms in total. The Bertz CT molecular complexity index is 1100. The molecule has 1 atom stereocenters. The standard InChI is InChI=1S/C19H15N5O3S/c1-11-14(28-18(22-11)15-20-9-6-10-21-15)19(25)26-12(2)16-23-24-17(27-16)13-7-4-3-5-8-13/h3-10,12H,1-2H3. The highest BCUT2D eigenvalue weighted by Crippen LogP contribution is 2.28. The Kier molecular flexibility index (Phi) is 4.90. The number of hydrogen-bond donors (Lipinski definition) is 0. The minimum atomic E-state index is -0.699. The summed E-state index contributed by atoms with van der Waals surface area (Å²) >= 11 is 1.18. The van der Waals surface area contributed by atoms with Gasteiger partial charge in [0.25, 0.3) is 5.89 Å². The van der Waals surface area contributed by atoms with E-state index in [4.69, 9.17) is 9.15 Å². The minimum Gasteiger partial charge on any atom is -0.448 e. The largest absolute Gasteiger partial charge is 0.448 e. The normalized spacial score (nSPS) is 11.9. The number of hydrogen-bond acceptors (Lipinski definition) is 9. The second-order valence-electron chi connectivity index (χ2n) is 5.86. The lowest BCUT2D eigenvalue weighted by Gasteiger charge is -2.08. The molecule has 0 N–H and O–H groups in total. The van der Waals surface area contributed by atoms with E-state index in [2.05, 4.69) is 25.1 Å². The number of rotatable bonds is 5. The van der Waals surface area contributed by atoms with Crippen molar-refractivity contribution in [2.24, 2.45) is 0 Å². The molecule has 1 unspecified atom stereocenters. The summed E-state index contributed by atoms with van der Waals surface area (Å²) in [5.41, 5.74) is 1.35. The molecule has 0 saturated heterocycles. The molecule has 3 heterocycles. The molecule has 0 bridgehead atoms. The molecule has 9 heteroatoms. The van der Waals surface area contributed by atoms with Crippen LogP contribution in [0.2, 0.25) is 0 Å². The van der Waals surface area contributed by atoms with Crippen molar-refractivity contribution in [2.45, 2.75) is 20.0 Å². The van der Waals surface area contributed by atoms with Gasteiger partial charge in [-0.05, 0) is 32.0 Å². The molecule has 0 aliphatic heterocycles. The summed E-state index contributed by atoms with van der Waals surface area (Å²) in [6.07, 6.45) is 2.55. The van der Waals surface area contributed by atoms with E-state index in [0.717, 1.165) is 5.56 Å². The van der Waals surface area contributed by atoms with Gasteiger partial charge in [0.15, 0.2) is 16.9 Å². The van der Waals surface area contributed by atoms with Crippen LogP contribution in [0.4, 0.5) is 0 Å². The molecule has 0 fully saturated rings. The number of nitrogens with zero attached hydrogens (tertiary/aromatic N) is 5. The Hall–Kier alpha value is -3.46. The third-order valence-electron chi connectivity index (χ3n) is 3.83. The zero-order valence-corrected chi connectivity index (χ0v) is 15.9. The molecule has 4 rings (SSSR count). The predicted molar refractivity (Wildman–Crippen MR) is 101 cm³/mol. The lowest BCUT2D eigenvalue weighted by Crippen LogP contribution is -2.09. The number of carbonyl (C=O) groups excluding carboxylic acids is 1. The molecular weight excluding hydrogens is 378 g/mol. The van der Waals surface area contributed by atoms with Gasteiger partial charge < -0.3 is 9.15 Å². The molecule has 3 aromatic heterocycles. The van der Waals surface area contributed by atoms with Crippen molar-refractivity contribution in [3.8, 4) is 22.3 Å². The molecule has 140 valence electrons. The summed E-state index contributed by atoms with van der Waals surface area (Å²) in [6.45, 7) is 3.42. The number of carbonyl (C=O) groups is 1. The highest BCUT2D eigenvalue weighted by atomic mass is 32.1. The molecule has 0 spiro atoms. The van der Waals surface area contributed by atoms with E-state index in [1.165, 1.54) is 11.3 Å². The van der Waals surface area contributed by atoms with Gasteiger partial charge in [0.05, 0.1) is 5.69 Å². The number of thiazole rings is 1. The summed E-state index contributed by atoms with van der Waals surface area (Å²) in [6, 6.07) is 11.1. The summed E-state index contributed by atoms with van der Waals surface area (Å²) in [7, 11) is 0.